The van der Waals surface area contributed by atoms with E-state index in [0.717, 1.165) is 13.1 Å². The molecule has 0 saturated carbocycles. The van der Waals surface area contributed by atoms with Gasteiger partial charge in [0, 0.05) is 13.1 Å². The summed E-state index contributed by atoms with van der Waals surface area (Å²) in [6, 6.07) is 8.83. The Labute approximate surface area is 116 Å². The van der Waals surface area contributed by atoms with Gasteiger partial charge in [-0.3, -0.25) is 0 Å². The van der Waals surface area contributed by atoms with Gasteiger partial charge in [-0.2, -0.15) is 0 Å². The predicted molar refractivity (Wildman–Crippen MR) is 77.2 cm³/mol. The molecule has 106 valence electrons. The van der Waals surface area contributed by atoms with E-state index in [1.807, 2.05) is 0 Å². The van der Waals surface area contributed by atoms with Crippen molar-refractivity contribution in [3.63, 3.8) is 0 Å². The number of nitrogens with one attached hydrogen (secondary N) is 1. The highest BCUT2D eigenvalue weighted by Crippen LogP contribution is 2.25. The van der Waals surface area contributed by atoms with Gasteiger partial charge < -0.3 is 15.2 Å². The van der Waals surface area contributed by atoms with Gasteiger partial charge in [0.25, 0.3) is 0 Å². The lowest BCUT2D eigenvalue weighted by atomic mass is 9.87. The van der Waals surface area contributed by atoms with Gasteiger partial charge in [-0.25, -0.2) is 0 Å². The standard InChI is InChI=1S/C16H25NO2/c1-3-13(2)15-6-4-14(5-7-15)8-17-9-16(10-18)11-19-12-16/h4-7,13,17-18H,3,8-12H2,1-2H3. The van der Waals surface area contributed by atoms with Crippen molar-refractivity contribution in [1.82, 2.24) is 5.32 Å². The van der Waals surface area contributed by atoms with Gasteiger partial charge in [-0.15, -0.1) is 0 Å². The molecule has 0 bridgehead atoms. The van der Waals surface area contributed by atoms with Gasteiger partial charge in [-0.1, -0.05) is 38.1 Å². The first-order valence-corrected chi connectivity index (χ1v) is 7.17. The number of aliphatic hydroxyl groups is 1. The highest BCUT2D eigenvalue weighted by molar-refractivity contribution is 5.24. The highest BCUT2D eigenvalue weighted by Gasteiger charge is 2.37. The average Bonchev–Trinajstić information content (AvgIpc) is 2.41. The summed E-state index contributed by atoms with van der Waals surface area (Å²) in [5.41, 5.74) is 2.65. The number of hydrogen-bond donors (Lipinski definition) is 2. The Hall–Kier alpha value is -0.900. The van der Waals surface area contributed by atoms with Crippen molar-refractivity contribution in [2.45, 2.75) is 32.7 Å². The summed E-state index contributed by atoms with van der Waals surface area (Å²) in [7, 11) is 0. The maximum absolute atomic E-state index is 9.34. The van der Waals surface area contributed by atoms with Crippen LogP contribution in [-0.2, 0) is 11.3 Å². The monoisotopic (exact) mass is 263 g/mol. The Morgan fingerprint density at radius 3 is 2.47 bits per heavy atom. The zero-order chi connectivity index (χ0) is 13.7. The van der Waals surface area contributed by atoms with Crippen LogP contribution in [0.3, 0.4) is 0 Å². The van der Waals surface area contributed by atoms with E-state index >= 15 is 0 Å². The van der Waals surface area contributed by atoms with Crippen LogP contribution in [0.2, 0.25) is 0 Å². The fourth-order valence-electron chi connectivity index (χ4n) is 2.31. The van der Waals surface area contributed by atoms with E-state index < -0.39 is 0 Å². The average molecular weight is 263 g/mol. The SMILES string of the molecule is CCC(C)c1ccc(CNCC2(CO)COC2)cc1. The number of hydrogen-bond acceptors (Lipinski definition) is 3. The number of ether oxygens (including phenoxy) is 1. The van der Waals surface area contributed by atoms with E-state index in [-0.39, 0.29) is 12.0 Å². The number of benzene rings is 1. The summed E-state index contributed by atoms with van der Waals surface area (Å²) < 4.78 is 5.19. The van der Waals surface area contributed by atoms with Gasteiger partial charge in [-0.05, 0) is 23.5 Å². The minimum atomic E-state index is -0.0450. The van der Waals surface area contributed by atoms with E-state index in [9.17, 15) is 5.11 Å². The summed E-state index contributed by atoms with van der Waals surface area (Å²) in [4.78, 5) is 0. The maximum atomic E-state index is 9.34. The van der Waals surface area contributed by atoms with Gasteiger partial charge >= 0.3 is 0 Å². The van der Waals surface area contributed by atoms with Crippen LogP contribution >= 0.6 is 0 Å². The molecule has 1 fully saturated rings. The molecule has 1 aromatic carbocycles. The van der Waals surface area contributed by atoms with E-state index in [0.29, 0.717) is 19.1 Å². The normalized spacial score (nSPS) is 18.9. The molecule has 1 aromatic rings. The Morgan fingerprint density at radius 2 is 2.00 bits per heavy atom. The van der Waals surface area contributed by atoms with Crippen LogP contribution in [0.1, 0.15) is 37.3 Å². The molecule has 19 heavy (non-hydrogen) atoms. The molecule has 1 unspecified atom stereocenters. The molecule has 1 heterocycles. The second kappa shape index (κ2) is 6.51. The Balaban J connectivity index is 1.80. The molecular formula is C16H25NO2. The first kappa shape index (κ1) is 14.5. The first-order valence-electron chi connectivity index (χ1n) is 7.17. The highest BCUT2D eigenvalue weighted by atomic mass is 16.5. The molecule has 1 saturated heterocycles. The van der Waals surface area contributed by atoms with Crippen molar-refractivity contribution in [1.29, 1.82) is 0 Å². The molecule has 0 aromatic heterocycles. The third kappa shape index (κ3) is 3.56. The van der Waals surface area contributed by atoms with Crippen LogP contribution in [0, 0.1) is 5.41 Å². The predicted octanol–water partition coefficient (Wildman–Crippen LogP) is 2.30. The number of aliphatic hydroxyl groups excluding tert-OH is 1. The molecule has 0 spiro atoms. The lowest BCUT2D eigenvalue weighted by molar-refractivity contribution is -0.134. The zero-order valence-corrected chi connectivity index (χ0v) is 12.0. The van der Waals surface area contributed by atoms with E-state index in [1.165, 1.54) is 17.5 Å². The first-order chi connectivity index (χ1) is 9.19. The van der Waals surface area contributed by atoms with Crippen molar-refractivity contribution in [2.24, 2.45) is 5.41 Å². The molecule has 0 radical (unpaired) electrons. The Bertz CT molecular complexity index is 379. The summed E-state index contributed by atoms with van der Waals surface area (Å²) in [6.45, 7) is 7.68. The fraction of sp³-hybridized carbons (Fsp3) is 0.625. The molecule has 1 atom stereocenters. The smallest absolute Gasteiger partial charge is 0.0579 e. The van der Waals surface area contributed by atoms with Crippen LogP contribution in [0.25, 0.3) is 0 Å². The topological polar surface area (TPSA) is 41.5 Å². The van der Waals surface area contributed by atoms with Crippen LogP contribution in [-0.4, -0.2) is 31.5 Å². The summed E-state index contributed by atoms with van der Waals surface area (Å²) in [5, 5.41) is 12.8. The van der Waals surface area contributed by atoms with Crippen molar-refractivity contribution >= 4 is 0 Å². The van der Waals surface area contributed by atoms with Crippen LogP contribution in [0.5, 0.6) is 0 Å². The second-order valence-corrected chi connectivity index (χ2v) is 5.81. The minimum Gasteiger partial charge on any atom is -0.396 e. The summed E-state index contributed by atoms with van der Waals surface area (Å²) in [6.07, 6.45) is 1.18. The van der Waals surface area contributed by atoms with E-state index in [1.54, 1.807) is 0 Å². The van der Waals surface area contributed by atoms with Crippen molar-refractivity contribution in [2.75, 3.05) is 26.4 Å². The van der Waals surface area contributed by atoms with Crippen LogP contribution in [0.15, 0.2) is 24.3 Å². The molecule has 2 rings (SSSR count). The second-order valence-electron chi connectivity index (χ2n) is 5.81. The molecular weight excluding hydrogens is 238 g/mol. The van der Waals surface area contributed by atoms with Crippen molar-refractivity contribution < 1.29 is 9.84 Å². The fourth-order valence-corrected chi connectivity index (χ4v) is 2.31. The van der Waals surface area contributed by atoms with Crippen molar-refractivity contribution in [3.8, 4) is 0 Å². The molecule has 3 heteroatoms. The Morgan fingerprint density at radius 1 is 1.32 bits per heavy atom. The number of rotatable bonds is 7. The Kier molecular flexibility index (Phi) is 4.97. The van der Waals surface area contributed by atoms with Gasteiger partial charge in [0.1, 0.15) is 0 Å². The van der Waals surface area contributed by atoms with Gasteiger partial charge in [0.2, 0.25) is 0 Å². The van der Waals surface area contributed by atoms with Crippen LogP contribution < -0.4 is 5.32 Å². The molecule has 0 aliphatic carbocycles. The third-order valence-electron chi connectivity index (χ3n) is 4.14. The minimum absolute atomic E-state index is 0.0450. The largest absolute Gasteiger partial charge is 0.396 e. The van der Waals surface area contributed by atoms with E-state index in [2.05, 4.69) is 43.4 Å². The zero-order valence-electron chi connectivity index (χ0n) is 12.0. The quantitative estimate of drug-likeness (QED) is 0.793. The maximum Gasteiger partial charge on any atom is 0.0579 e. The lowest BCUT2D eigenvalue weighted by Crippen LogP contribution is -2.52. The molecule has 2 N–H and O–H groups in total. The summed E-state index contributed by atoms with van der Waals surface area (Å²) >= 11 is 0. The van der Waals surface area contributed by atoms with Crippen molar-refractivity contribution in [3.05, 3.63) is 35.4 Å². The molecule has 3 nitrogen and oxygen atoms in total. The van der Waals surface area contributed by atoms with Gasteiger partial charge in [0.15, 0.2) is 0 Å². The van der Waals surface area contributed by atoms with Gasteiger partial charge in [0.05, 0.1) is 25.2 Å². The third-order valence-corrected chi connectivity index (χ3v) is 4.14. The molecule has 1 aliphatic heterocycles. The van der Waals surface area contributed by atoms with Crippen LogP contribution in [0.4, 0.5) is 0 Å². The molecule has 0 amide bonds. The summed E-state index contributed by atoms with van der Waals surface area (Å²) in [5.74, 6) is 0.631. The molecule has 1 aliphatic rings. The lowest BCUT2D eigenvalue weighted by Gasteiger charge is -2.40. The van der Waals surface area contributed by atoms with E-state index in [4.69, 9.17) is 4.74 Å².